The Kier molecular flexibility index (Phi) is 10.0. The molecular formula is C22H28N2O2S2. The third kappa shape index (κ3) is 7.60. The molecule has 2 aromatic rings. The zero-order valence-electron chi connectivity index (χ0n) is 16.4. The molecule has 0 bridgehead atoms. The van der Waals surface area contributed by atoms with E-state index in [0.29, 0.717) is 11.1 Å². The minimum absolute atomic E-state index is 0.0281. The van der Waals surface area contributed by atoms with Gasteiger partial charge in [0, 0.05) is 34.7 Å². The molecule has 2 rings (SSSR count). The van der Waals surface area contributed by atoms with Crippen LogP contribution in [0.3, 0.4) is 0 Å². The highest BCUT2D eigenvalue weighted by Gasteiger charge is 2.14. The summed E-state index contributed by atoms with van der Waals surface area (Å²) in [6, 6.07) is 18.8. The average molecular weight is 417 g/mol. The maximum atomic E-state index is 12.3. The summed E-state index contributed by atoms with van der Waals surface area (Å²) in [6.45, 7) is 4.16. The first-order valence-corrected chi connectivity index (χ1v) is 12.1. The summed E-state index contributed by atoms with van der Waals surface area (Å²) in [7, 11) is 3.48. The monoisotopic (exact) mass is 416 g/mol. The van der Waals surface area contributed by atoms with Gasteiger partial charge in [-0.3, -0.25) is 9.59 Å². The second-order valence-electron chi connectivity index (χ2n) is 6.46. The zero-order valence-corrected chi connectivity index (χ0v) is 18.0. The van der Waals surface area contributed by atoms with E-state index in [4.69, 9.17) is 0 Å². The first-order chi connectivity index (χ1) is 13.6. The van der Waals surface area contributed by atoms with Gasteiger partial charge < -0.3 is 10.6 Å². The number of rotatable bonds is 11. The molecule has 0 aliphatic rings. The Morgan fingerprint density at radius 3 is 1.39 bits per heavy atom. The van der Waals surface area contributed by atoms with Crippen molar-refractivity contribution in [1.82, 2.24) is 10.6 Å². The molecule has 2 amide bonds. The van der Waals surface area contributed by atoms with Gasteiger partial charge in [0.2, 0.25) is 0 Å². The van der Waals surface area contributed by atoms with Gasteiger partial charge in [-0.25, -0.2) is 0 Å². The molecule has 0 radical (unpaired) electrons. The number of carbonyl (C=O) groups excluding carboxylic acids is 2. The van der Waals surface area contributed by atoms with E-state index < -0.39 is 0 Å². The molecule has 0 aliphatic heterocycles. The highest BCUT2D eigenvalue weighted by atomic mass is 33.1. The number of carbonyl (C=O) groups is 2. The normalized spacial score (nSPS) is 12.8. The van der Waals surface area contributed by atoms with Crippen LogP contribution in [-0.4, -0.2) is 35.4 Å². The smallest absolute Gasteiger partial charge is 0.251 e. The van der Waals surface area contributed by atoms with E-state index in [-0.39, 0.29) is 23.9 Å². The largest absolute Gasteiger partial charge is 0.348 e. The number of hydrogen-bond acceptors (Lipinski definition) is 4. The predicted octanol–water partition coefficient (Wildman–Crippen LogP) is 4.79. The lowest BCUT2D eigenvalue weighted by Crippen LogP contribution is -2.36. The van der Waals surface area contributed by atoms with Gasteiger partial charge in [-0.05, 0) is 37.1 Å². The van der Waals surface area contributed by atoms with Gasteiger partial charge in [-0.2, -0.15) is 0 Å². The van der Waals surface area contributed by atoms with Crippen molar-refractivity contribution in [1.29, 1.82) is 0 Å². The van der Waals surface area contributed by atoms with Crippen molar-refractivity contribution in [3.05, 3.63) is 71.8 Å². The highest BCUT2D eigenvalue weighted by molar-refractivity contribution is 8.76. The molecule has 150 valence electrons. The van der Waals surface area contributed by atoms with Gasteiger partial charge >= 0.3 is 0 Å². The number of amides is 2. The van der Waals surface area contributed by atoms with E-state index >= 15 is 0 Å². The summed E-state index contributed by atoms with van der Waals surface area (Å²) in [4.78, 5) is 24.6. The Hall–Kier alpha value is -1.92. The third-order valence-corrected chi connectivity index (χ3v) is 6.91. The van der Waals surface area contributed by atoms with Crippen molar-refractivity contribution in [3.8, 4) is 0 Å². The fraction of sp³-hybridized carbons (Fsp3) is 0.364. The van der Waals surface area contributed by atoms with Crippen molar-refractivity contribution in [2.24, 2.45) is 0 Å². The molecule has 0 aromatic heterocycles. The number of hydrogen-bond donors (Lipinski definition) is 2. The van der Waals surface area contributed by atoms with Gasteiger partial charge in [-0.15, -0.1) is 0 Å². The Labute approximate surface area is 175 Å². The average Bonchev–Trinajstić information content (AvgIpc) is 2.75. The van der Waals surface area contributed by atoms with Gasteiger partial charge in [0.25, 0.3) is 11.8 Å². The molecule has 0 aliphatic carbocycles. The quantitative estimate of drug-likeness (QED) is 0.409. The lowest BCUT2D eigenvalue weighted by Gasteiger charge is -2.19. The molecule has 2 atom stereocenters. The number of nitrogens with one attached hydrogen (secondary N) is 2. The first-order valence-electron chi connectivity index (χ1n) is 9.60. The van der Waals surface area contributed by atoms with E-state index in [1.54, 1.807) is 21.6 Å². The van der Waals surface area contributed by atoms with Gasteiger partial charge in [-0.1, -0.05) is 71.8 Å². The Balaban J connectivity index is 1.71. The van der Waals surface area contributed by atoms with Crippen LogP contribution in [0.4, 0.5) is 0 Å². The zero-order chi connectivity index (χ0) is 20.2. The number of benzene rings is 2. The van der Waals surface area contributed by atoms with Crippen molar-refractivity contribution < 1.29 is 9.59 Å². The standard InChI is InChI=1S/C22H28N2O2S2/c1-3-19(23-21(25)17-11-7-5-8-12-17)15-27-28-16-20(4-2)24-22(26)18-13-9-6-10-14-18/h5-14,19-20H,3-4,15-16H2,1-2H3,(H,23,25)(H,24,26)/t19-,20-/m1/s1. The highest BCUT2D eigenvalue weighted by Crippen LogP contribution is 2.24. The Morgan fingerprint density at radius 1 is 0.714 bits per heavy atom. The van der Waals surface area contributed by atoms with Gasteiger partial charge in [0.05, 0.1) is 0 Å². The van der Waals surface area contributed by atoms with Crippen LogP contribution in [0.5, 0.6) is 0 Å². The molecule has 28 heavy (non-hydrogen) atoms. The summed E-state index contributed by atoms with van der Waals surface area (Å²) in [5, 5.41) is 6.19. The summed E-state index contributed by atoms with van der Waals surface area (Å²) in [5.41, 5.74) is 1.38. The molecule has 0 saturated carbocycles. The second kappa shape index (κ2) is 12.5. The van der Waals surface area contributed by atoms with Crippen molar-refractivity contribution in [2.45, 2.75) is 38.8 Å². The fourth-order valence-corrected chi connectivity index (χ4v) is 5.22. The molecule has 2 aromatic carbocycles. The van der Waals surface area contributed by atoms with Gasteiger partial charge in [0.15, 0.2) is 0 Å². The maximum Gasteiger partial charge on any atom is 0.251 e. The fourth-order valence-electron chi connectivity index (χ4n) is 2.50. The van der Waals surface area contributed by atoms with Crippen LogP contribution in [0.15, 0.2) is 60.7 Å². The molecule has 6 heteroatoms. The van der Waals surface area contributed by atoms with Gasteiger partial charge in [0.1, 0.15) is 0 Å². The lowest BCUT2D eigenvalue weighted by atomic mass is 10.2. The second-order valence-corrected chi connectivity index (χ2v) is 9.01. The first kappa shape index (κ1) is 22.4. The van der Waals surface area contributed by atoms with Crippen molar-refractivity contribution in [2.75, 3.05) is 11.5 Å². The SMILES string of the molecule is CC[C@H](CSSC[C@@H](CC)NC(=O)c1ccccc1)NC(=O)c1ccccc1. The van der Waals surface area contributed by atoms with Crippen LogP contribution >= 0.6 is 21.6 Å². The summed E-state index contributed by atoms with van der Waals surface area (Å²) < 4.78 is 0. The summed E-state index contributed by atoms with van der Waals surface area (Å²) >= 11 is 0. The lowest BCUT2D eigenvalue weighted by molar-refractivity contribution is 0.0931. The van der Waals surface area contributed by atoms with E-state index in [0.717, 1.165) is 24.3 Å². The van der Waals surface area contributed by atoms with Crippen LogP contribution in [0.2, 0.25) is 0 Å². The molecule has 0 fully saturated rings. The molecular weight excluding hydrogens is 388 g/mol. The molecule has 4 nitrogen and oxygen atoms in total. The van der Waals surface area contributed by atoms with Crippen LogP contribution < -0.4 is 10.6 Å². The molecule has 2 N–H and O–H groups in total. The maximum absolute atomic E-state index is 12.3. The van der Waals surface area contributed by atoms with E-state index in [1.165, 1.54) is 0 Å². The third-order valence-electron chi connectivity index (χ3n) is 4.35. The van der Waals surface area contributed by atoms with Crippen molar-refractivity contribution >= 4 is 33.4 Å². The summed E-state index contributed by atoms with van der Waals surface area (Å²) in [6.07, 6.45) is 1.77. The minimum Gasteiger partial charge on any atom is -0.348 e. The Bertz CT molecular complexity index is 662. The Morgan fingerprint density at radius 2 is 1.07 bits per heavy atom. The van der Waals surface area contributed by atoms with E-state index in [9.17, 15) is 9.59 Å². The van der Waals surface area contributed by atoms with Crippen molar-refractivity contribution in [3.63, 3.8) is 0 Å². The van der Waals surface area contributed by atoms with Crippen LogP contribution in [0, 0.1) is 0 Å². The van der Waals surface area contributed by atoms with Crippen LogP contribution in [-0.2, 0) is 0 Å². The van der Waals surface area contributed by atoms with Crippen LogP contribution in [0.25, 0.3) is 0 Å². The molecule has 0 heterocycles. The van der Waals surface area contributed by atoms with E-state index in [2.05, 4.69) is 24.5 Å². The predicted molar refractivity (Wildman–Crippen MR) is 121 cm³/mol. The minimum atomic E-state index is -0.0281. The van der Waals surface area contributed by atoms with E-state index in [1.807, 2.05) is 60.7 Å². The molecule has 0 unspecified atom stereocenters. The molecule has 0 spiro atoms. The summed E-state index contributed by atoms with van der Waals surface area (Å²) in [5.74, 6) is 1.62. The molecule has 0 saturated heterocycles. The van der Waals surface area contributed by atoms with Crippen LogP contribution in [0.1, 0.15) is 47.4 Å². The topological polar surface area (TPSA) is 58.2 Å².